The van der Waals surface area contributed by atoms with Crippen molar-refractivity contribution in [3.63, 3.8) is 0 Å². The summed E-state index contributed by atoms with van der Waals surface area (Å²) >= 11 is 0. The molecule has 1 heterocycles. The van der Waals surface area contributed by atoms with Gasteiger partial charge in [0, 0.05) is 18.9 Å². The van der Waals surface area contributed by atoms with E-state index in [1.54, 1.807) is 0 Å². The predicted molar refractivity (Wildman–Crippen MR) is 150 cm³/mol. The summed E-state index contributed by atoms with van der Waals surface area (Å²) in [4.78, 5) is 4.52. The zero-order valence-corrected chi connectivity index (χ0v) is 23.4. The zero-order valence-electron chi connectivity index (χ0n) is 23.4. The van der Waals surface area contributed by atoms with Gasteiger partial charge in [-0.2, -0.15) is 0 Å². The standard InChI is InChI=1S/C29H56N2.BF4/c1-3-5-6-7-8-9-10-11-12-13-14-15-16-17-18-19-20-21-22-23-24-25-26-31-28-27-30(4-2)29-31;2-1(3,4)5/h4,27-28H,2-3,5-26,29H2,1H3;/q;-1. The van der Waals surface area contributed by atoms with Crippen LogP contribution in [0.4, 0.5) is 17.3 Å². The van der Waals surface area contributed by atoms with Gasteiger partial charge in [0.05, 0.1) is 6.67 Å². The third-order valence-electron chi connectivity index (χ3n) is 6.85. The minimum atomic E-state index is -6.00. The number of hydrogen-bond donors (Lipinski definition) is 0. The first-order valence-electron chi connectivity index (χ1n) is 15.0. The first kappa shape index (κ1) is 34.9. The molecule has 7 heteroatoms. The number of rotatable bonds is 24. The molecule has 2 nitrogen and oxygen atoms in total. The molecule has 36 heavy (non-hydrogen) atoms. The summed E-state index contributed by atoms with van der Waals surface area (Å²) in [6, 6.07) is 0. The molecule has 1 aliphatic rings. The summed E-state index contributed by atoms with van der Waals surface area (Å²) in [7, 11) is -6.00. The first-order chi connectivity index (χ1) is 17.4. The Hall–Kier alpha value is -1.14. The lowest BCUT2D eigenvalue weighted by atomic mass is 10.0. The van der Waals surface area contributed by atoms with Crippen molar-refractivity contribution in [2.45, 2.75) is 148 Å². The van der Waals surface area contributed by atoms with Crippen LogP contribution in [0.2, 0.25) is 0 Å². The molecule has 0 fully saturated rings. The van der Waals surface area contributed by atoms with Crippen molar-refractivity contribution in [1.29, 1.82) is 0 Å². The van der Waals surface area contributed by atoms with Crippen LogP contribution in [-0.4, -0.2) is 30.3 Å². The summed E-state index contributed by atoms with van der Waals surface area (Å²) in [5.74, 6) is 0. The van der Waals surface area contributed by atoms with E-state index < -0.39 is 7.25 Å². The summed E-state index contributed by atoms with van der Waals surface area (Å²) in [5.41, 5.74) is 0. The van der Waals surface area contributed by atoms with Crippen LogP contribution in [0, 0.1) is 0 Å². The maximum atomic E-state index is 9.75. The molecular weight excluding hydrogens is 463 g/mol. The van der Waals surface area contributed by atoms with Crippen LogP contribution in [0.5, 0.6) is 0 Å². The third-order valence-corrected chi connectivity index (χ3v) is 6.85. The fraction of sp³-hybridized carbons (Fsp3) is 0.862. The van der Waals surface area contributed by atoms with E-state index in [2.05, 4.69) is 35.7 Å². The maximum Gasteiger partial charge on any atom is 0.673 e. The molecule has 0 aromatic rings. The second-order valence-corrected chi connectivity index (χ2v) is 10.4. The molecule has 0 aromatic heterocycles. The van der Waals surface area contributed by atoms with Gasteiger partial charge in [-0.3, -0.25) is 0 Å². The average Bonchev–Trinajstić information content (AvgIpc) is 3.29. The van der Waals surface area contributed by atoms with Crippen molar-refractivity contribution in [1.82, 2.24) is 9.80 Å². The van der Waals surface area contributed by atoms with Gasteiger partial charge in [0.1, 0.15) is 0 Å². The van der Waals surface area contributed by atoms with E-state index in [9.17, 15) is 17.3 Å². The highest BCUT2D eigenvalue weighted by molar-refractivity contribution is 6.50. The molecule has 0 N–H and O–H groups in total. The summed E-state index contributed by atoms with van der Waals surface area (Å²) in [5, 5.41) is 0. The molecule has 214 valence electrons. The average molecular weight is 520 g/mol. The molecule has 0 unspecified atom stereocenters. The Bertz CT molecular complexity index is 494. The van der Waals surface area contributed by atoms with Crippen molar-refractivity contribution in [2.24, 2.45) is 0 Å². The van der Waals surface area contributed by atoms with E-state index in [-0.39, 0.29) is 0 Å². The minimum Gasteiger partial charge on any atom is -0.418 e. The second-order valence-electron chi connectivity index (χ2n) is 10.4. The number of hydrogen-bond acceptors (Lipinski definition) is 2. The van der Waals surface area contributed by atoms with Crippen molar-refractivity contribution >= 4 is 7.25 Å². The highest BCUT2D eigenvalue weighted by atomic mass is 19.5. The summed E-state index contributed by atoms with van der Waals surface area (Å²) in [6.07, 6.45) is 38.2. The van der Waals surface area contributed by atoms with Gasteiger partial charge in [-0.25, -0.2) is 0 Å². The lowest BCUT2D eigenvalue weighted by Gasteiger charge is -2.18. The molecule has 0 aliphatic carbocycles. The Balaban J connectivity index is 0.00000222. The molecule has 1 rings (SSSR count). The van der Waals surface area contributed by atoms with Crippen LogP contribution in [0.1, 0.15) is 148 Å². The van der Waals surface area contributed by atoms with E-state index in [1.165, 1.54) is 148 Å². The number of nitrogens with zero attached hydrogens (tertiary/aromatic N) is 2. The van der Waals surface area contributed by atoms with Crippen molar-refractivity contribution in [3.8, 4) is 0 Å². The molecule has 0 amide bonds. The maximum absolute atomic E-state index is 9.75. The minimum absolute atomic E-state index is 0.989. The zero-order chi connectivity index (χ0) is 26.7. The van der Waals surface area contributed by atoms with Gasteiger partial charge >= 0.3 is 7.25 Å². The topological polar surface area (TPSA) is 6.48 Å². The van der Waals surface area contributed by atoms with Gasteiger partial charge in [0.25, 0.3) is 0 Å². The van der Waals surface area contributed by atoms with Crippen LogP contribution in [0.15, 0.2) is 25.2 Å². The van der Waals surface area contributed by atoms with Crippen LogP contribution < -0.4 is 0 Å². The lowest BCUT2D eigenvalue weighted by Crippen LogP contribution is -2.22. The highest BCUT2D eigenvalue weighted by Crippen LogP contribution is 2.15. The monoisotopic (exact) mass is 519 g/mol. The Morgan fingerprint density at radius 3 is 1.17 bits per heavy atom. The Labute approximate surface area is 221 Å². The van der Waals surface area contributed by atoms with Gasteiger partial charge in [-0.05, 0) is 12.6 Å². The van der Waals surface area contributed by atoms with Gasteiger partial charge in [-0.15, -0.1) is 0 Å². The van der Waals surface area contributed by atoms with Crippen LogP contribution >= 0.6 is 0 Å². The normalized spacial score (nSPS) is 13.2. The van der Waals surface area contributed by atoms with Crippen molar-refractivity contribution < 1.29 is 17.3 Å². The van der Waals surface area contributed by atoms with E-state index >= 15 is 0 Å². The predicted octanol–water partition coefficient (Wildman–Crippen LogP) is 11.1. The molecule has 0 atom stereocenters. The molecule has 0 spiro atoms. The highest BCUT2D eigenvalue weighted by Gasteiger charge is 2.20. The van der Waals surface area contributed by atoms with Gasteiger partial charge in [0.15, 0.2) is 0 Å². The number of halogens is 4. The van der Waals surface area contributed by atoms with Crippen LogP contribution in [0.3, 0.4) is 0 Å². The smallest absolute Gasteiger partial charge is 0.418 e. The van der Waals surface area contributed by atoms with Gasteiger partial charge in [-0.1, -0.05) is 148 Å². The molecule has 1 aliphatic heterocycles. The first-order valence-corrected chi connectivity index (χ1v) is 15.0. The molecule has 0 radical (unpaired) electrons. The van der Waals surface area contributed by atoms with E-state index in [4.69, 9.17) is 0 Å². The quantitative estimate of drug-likeness (QED) is 0.0711. The van der Waals surface area contributed by atoms with Crippen LogP contribution in [0.25, 0.3) is 0 Å². The molecular formula is C29H56BF4N2-. The molecule has 0 aromatic carbocycles. The fourth-order valence-electron chi connectivity index (χ4n) is 4.67. The van der Waals surface area contributed by atoms with Crippen LogP contribution in [-0.2, 0) is 0 Å². The molecule has 0 saturated heterocycles. The Kier molecular flexibility index (Phi) is 24.7. The largest absolute Gasteiger partial charge is 0.673 e. The molecule has 0 saturated carbocycles. The van der Waals surface area contributed by atoms with Crippen molar-refractivity contribution in [2.75, 3.05) is 13.2 Å². The van der Waals surface area contributed by atoms with Gasteiger partial charge in [0.2, 0.25) is 0 Å². The summed E-state index contributed by atoms with van der Waals surface area (Å²) in [6.45, 7) is 8.30. The SMILES string of the molecule is C=CN1C=CN(CCCCCCCCCCCCCCCCCCCCCCCC)C1.F[B-](F)(F)F. The van der Waals surface area contributed by atoms with Crippen molar-refractivity contribution in [3.05, 3.63) is 25.2 Å². The Morgan fingerprint density at radius 2 is 0.889 bits per heavy atom. The van der Waals surface area contributed by atoms with Gasteiger partial charge < -0.3 is 27.1 Å². The lowest BCUT2D eigenvalue weighted by molar-refractivity contribution is 0.307. The molecule has 0 bridgehead atoms. The third kappa shape index (κ3) is 29.1. The second kappa shape index (κ2) is 25.5. The van der Waals surface area contributed by atoms with E-state index in [1.807, 2.05) is 6.20 Å². The Morgan fingerprint density at radius 1 is 0.583 bits per heavy atom. The number of unbranched alkanes of at least 4 members (excludes halogenated alkanes) is 21. The van der Waals surface area contributed by atoms with E-state index in [0.717, 1.165) is 6.67 Å². The summed E-state index contributed by atoms with van der Waals surface area (Å²) < 4.78 is 39.0. The van der Waals surface area contributed by atoms with E-state index in [0.29, 0.717) is 0 Å². The fourth-order valence-corrected chi connectivity index (χ4v) is 4.67.